The van der Waals surface area contributed by atoms with E-state index in [-0.39, 0.29) is 30.9 Å². The van der Waals surface area contributed by atoms with Crippen LogP contribution in [0.2, 0.25) is 0 Å². The van der Waals surface area contributed by atoms with Crippen LogP contribution in [0.25, 0.3) is 0 Å². The van der Waals surface area contributed by atoms with Gasteiger partial charge in [0.2, 0.25) is 0 Å². The maximum Gasteiger partial charge on any atom is 0.306 e. The van der Waals surface area contributed by atoms with Crippen LogP contribution < -0.4 is 0 Å². The molecule has 0 aromatic heterocycles. The van der Waals surface area contributed by atoms with Crippen molar-refractivity contribution in [1.29, 1.82) is 0 Å². The lowest BCUT2D eigenvalue weighted by atomic mass is 10.1. The van der Waals surface area contributed by atoms with E-state index in [0.717, 1.165) is 38.5 Å². The summed E-state index contributed by atoms with van der Waals surface area (Å²) in [6, 6.07) is 0. The second-order valence-corrected chi connectivity index (χ2v) is 7.95. The Morgan fingerprint density at radius 1 is 0.607 bits per heavy atom. The highest BCUT2D eigenvalue weighted by molar-refractivity contribution is 5.77. The fourth-order valence-electron chi connectivity index (χ4n) is 3.38. The Hall–Kier alpha value is -1.06. The molecule has 28 heavy (non-hydrogen) atoms. The first-order valence-electron chi connectivity index (χ1n) is 12.0. The van der Waals surface area contributed by atoms with E-state index in [2.05, 4.69) is 20.8 Å². The topological polar surface area (TPSA) is 52.6 Å². The summed E-state index contributed by atoms with van der Waals surface area (Å²) >= 11 is 0. The smallest absolute Gasteiger partial charge is 0.306 e. The Balaban J connectivity index is 3.48. The minimum atomic E-state index is -0.286. The Labute approximate surface area is 174 Å². The molecule has 4 heteroatoms. The largest absolute Gasteiger partial charge is 0.466 e. The average molecular weight is 399 g/mol. The van der Waals surface area contributed by atoms with Crippen LogP contribution in [0.5, 0.6) is 0 Å². The van der Waals surface area contributed by atoms with Gasteiger partial charge in [-0.05, 0) is 19.3 Å². The first kappa shape index (κ1) is 26.9. The maximum absolute atomic E-state index is 11.9. The molecule has 0 bridgehead atoms. The van der Waals surface area contributed by atoms with E-state index in [1.54, 1.807) is 0 Å². The van der Waals surface area contributed by atoms with Crippen molar-refractivity contribution in [3.63, 3.8) is 0 Å². The number of rotatable bonds is 20. The molecule has 0 heterocycles. The van der Waals surface area contributed by atoms with Crippen LogP contribution in [0.15, 0.2) is 0 Å². The molecule has 0 fully saturated rings. The quantitative estimate of drug-likeness (QED) is 0.162. The summed E-state index contributed by atoms with van der Waals surface area (Å²) in [5.74, 6) is -0.565. The van der Waals surface area contributed by atoms with Crippen molar-refractivity contribution < 1.29 is 19.1 Å². The summed E-state index contributed by atoms with van der Waals surface area (Å²) in [5, 5.41) is 0. The molecule has 0 unspecified atom stereocenters. The van der Waals surface area contributed by atoms with Gasteiger partial charge in [-0.1, -0.05) is 97.8 Å². The number of hydrogen-bond acceptors (Lipinski definition) is 4. The number of hydrogen-bond donors (Lipinski definition) is 0. The highest BCUT2D eigenvalue weighted by atomic mass is 16.5. The standard InChI is InChI=1S/C24H46O4/c1-4-7-8-9-10-11-12-13-14-15-16-21-27-23(25)19-20-24(26)28-22(17-5-2)18-6-3/h22H,4-21H2,1-3H3. The lowest BCUT2D eigenvalue weighted by Crippen LogP contribution is -2.19. The number of ether oxygens (including phenoxy) is 2. The molecule has 0 rings (SSSR count). The van der Waals surface area contributed by atoms with Crippen LogP contribution in [0.4, 0.5) is 0 Å². The zero-order valence-corrected chi connectivity index (χ0v) is 18.9. The van der Waals surface area contributed by atoms with Gasteiger partial charge in [-0.3, -0.25) is 9.59 Å². The van der Waals surface area contributed by atoms with Gasteiger partial charge in [-0.15, -0.1) is 0 Å². The molecule has 0 saturated carbocycles. The van der Waals surface area contributed by atoms with Crippen molar-refractivity contribution in [2.75, 3.05) is 6.61 Å². The fraction of sp³-hybridized carbons (Fsp3) is 0.917. The second-order valence-electron chi connectivity index (χ2n) is 7.95. The van der Waals surface area contributed by atoms with Crippen LogP contribution in [0, 0.1) is 0 Å². The van der Waals surface area contributed by atoms with Crippen LogP contribution in [-0.4, -0.2) is 24.6 Å². The van der Waals surface area contributed by atoms with Crippen molar-refractivity contribution in [2.24, 2.45) is 0 Å². The van der Waals surface area contributed by atoms with Gasteiger partial charge in [0.05, 0.1) is 19.4 Å². The summed E-state index contributed by atoms with van der Waals surface area (Å²) in [4.78, 5) is 23.6. The number of carbonyl (C=O) groups excluding carboxylic acids is 2. The van der Waals surface area contributed by atoms with Crippen LogP contribution in [-0.2, 0) is 19.1 Å². The van der Waals surface area contributed by atoms with Gasteiger partial charge in [-0.2, -0.15) is 0 Å². The molecule has 0 spiro atoms. The zero-order chi connectivity index (χ0) is 20.9. The molecular formula is C24H46O4. The van der Waals surface area contributed by atoms with Gasteiger partial charge >= 0.3 is 11.9 Å². The highest BCUT2D eigenvalue weighted by Crippen LogP contribution is 2.12. The van der Waals surface area contributed by atoms with Crippen molar-refractivity contribution in [3.8, 4) is 0 Å². The summed E-state index contributed by atoms with van der Waals surface area (Å²) in [6.45, 7) is 6.90. The molecule has 0 amide bonds. The average Bonchev–Trinajstić information content (AvgIpc) is 2.67. The zero-order valence-electron chi connectivity index (χ0n) is 18.9. The molecule has 0 saturated heterocycles. The van der Waals surface area contributed by atoms with Crippen LogP contribution in [0.1, 0.15) is 130 Å². The van der Waals surface area contributed by atoms with Gasteiger partial charge in [0.15, 0.2) is 0 Å². The molecule has 166 valence electrons. The minimum Gasteiger partial charge on any atom is -0.466 e. The SMILES string of the molecule is CCCCCCCCCCCCCOC(=O)CCC(=O)OC(CCC)CCC. The van der Waals surface area contributed by atoms with E-state index >= 15 is 0 Å². The first-order valence-corrected chi connectivity index (χ1v) is 12.0. The molecule has 0 radical (unpaired) electrons. The Kier molecular flexibility index (Phi) is 19.9. The van der Waals surface area contributed by atoms with Gasteiger partial charge in [0.1, 0.15) is 6.10 Å². The molecule has 0 aromatic rings. The van der Waals surface area contributed by atoms with E-state index in [9.17, 15) is 9.59 Å². The number of carbonyl (C=O) groups is 2. The lowest BCUT2D eigenvalue weighted by Gasteiger charge is -2.16. The maximum atomic E-state index is 11.9. The highest BCUT2D eigenvalue weighted by Gasteiger charge is 2.14. The predicted molar refractivity (Wildman–Crippen MR) is 116 cm³/mol. The summed E-state index contributed by atoms with van der Waals surface area (Å²) in [5.41, 5.74) is 0. The monoisotopic (exact) mass is 398 g/mol. The van der Waals surface area contributed by atoms with Crippen LogP contribution in [0.3, 0.4) is 0 Å². The third-order valence-corrected chi connectivity index (χ3v) is 5.06. The predicted octanol–water partition coefficient (Wildman–Crippen LogP) is 7.13. The molecule has 0 atom stereocenters. The first-order chi connectivity index (χ1) is 13.6. The normalized spacial score (nSPS) is 11.0. The molecular weight excluding hydrogens is 352 g/mol. The molecule has 0 aliphatic rings. The van der Waals surface area contributed by atoms with Crippen molar-refractivity contribution in [2.45, 2.75) is 136 Å². The third-order valence-electron chi connectivity index (χ3n) is 5.06. The van der Waals surface area contributed by atoms with Gasteiger partial charge in [0.25, 0.3) is 0 Å². The second kappa shape index (κ2) is 20.7. The fourth-order valence-corrected chi connectivity index (χ4v) is 3.38. The molecule has 0 aliphatic carbocycles. The van der Waals surface area contributed by atoms with Crippen molar-refractivity contribution in [3.05, 3.63) is 0 Å². The number of esters is 2. The number of unbranched alkanes of at least 4 members (excludes halogenated alkanes) is 10. The van der Waals surface area contributed by atoms with Crippen LogP contribution >= 0.6 is 0 Å². The van der Waals surface area contributed by atoms with E-state index < -0.39 is 0 Å². The molecule has 4 nitrogen and oxygen atoms in total. The molecule has 0 N–H and O–H groups in total. The Morgan fingerprint density at radius 2 is 1.07 bits per heavy atom. The lowest BCUT2D eigenvalue weighted by molar-refractivity contribution is -0.154. The molecule has 0 aliphatic heterocycles. The van der Waals surface area contributed by atoms with E-state index in [0.29, 0.717) is 6.61 Å². The minimum absolute atomic E-state index is 0.00476. The third kappa shape index (κ3) is 18.3. The van der Waals surface area contributed by atoms with E-state index in [1.165, 1.54) is 57.8 Å². The molecule has 0 aromatic carbocycles. The Bertz CT molecular complexity index is 362. The van der Waals surface area contributed by atoms with Gasteiger partial charge in [0, 0.05) is 0 Å². The van der Waals surface area contributed by atoms with E-state index in [1.807, 2.05) is 0 Å². The Morgan fingerprint density at radius 3 is 1.57 bits per heavy atom. The van der Waals surface area contributed by atoms with Gasteiger partial charge in [-0.25, -0.2) is 0 Å². The van der Waals surface area contributed by atoms with E-state index in [4.69, 9.17) is 9.47 Å². The summed E-state index contributed by atoms with van der Waals surface area (Å²) < 4.78 is 10.7. The van der Waals surface area contributed by atoms with Crippen molar-refractivity contribution in [1.82, 2.24) is 0 Å². The van der Waals surface area contributed by atoms with Crippen molar-refractivity contribution >= 4 is 11.9 Å². The van der Waals surface area contributed by atoms with Gasteiger partial charge < -0.3 is 9.47 Å². The summed E-state index contributed by atoms with van der Waals surface area (Å²) in [6.07, 6.45) is 18.1. The summed E-state index contributed by atoms with van der Waals surface area (Å²) in [7, 11) is 0.